The predicted molar refractivity (Wildman–Crippen MR) is 83.4 cm³/mol. The largest absolute Gasteiger partial charge is 0.496 e. The van der Waals surface area contributed by atoms with Crippen molar-refractivity contribution < 1.29 is 19.0 Å². The Kier molecular flexibility index (Phi) is 4.85. The van der Waals surface area contributed by atoms with Crippen molar-refractivity contribution >= 4 is 21.9 Å². The van der Waals surface area contributed by atoms with Crippen molar-refractivity contribution in [1.29, 1.82) is 0 Å². The van der Waals surface area contributed by atoms with Crippen molar-refractivity contribution in [2.45, 2.75) is 6.92 Å². The molecule has 2 aromatic rings. The summed E-state index contributed by atoms with van der Waals surface area (Å²) < 4.78 is 16.6. The Labute approximate surface area is 131 Å². The normalized spacial score (nSPS) is 10.1. The number of hydrogen-bond donors (Lipinski definition) is 0. The van der Waals surface area contributed by atoms with Crippen molar-refractivity contribution in [3.05, 3.63) is 52.0 Å². The number of methoxy groups -OCH3 is 2. The molecule has 0 amide bonds. The first-order valence-corrected chi connectivity index (χ1v) is 7.06. The molecule has 0 saturated carbocycles. The summed E-state index contributed by atoms with van der Waals surface area (Å²) >= 11 is 3.42. The molecule has 0 atom stereocenters. The van der Waals surface area contributed by atoms with Crippen LogP contribution in [0.3, 0.4) is 0 Å². The summed E-state index contributed by atoms with van der Waals surface area (Å²) in [7, 11) is 3.06. The number of benzene rings is 2. The molecular formula is C16H15BrO4. The highest BCUT2D eigenvalue weighted by Gasteiger charge is 2.22. The van der Waals surface area contributed by atoms with E-state index in [9.17, 15) is 4.79 Å². The van der Waals surface area contributed by atoms with E-state index in [1.54, 1.807) is 44.4 Å². The van der Waals surface area contributed by atoms with E-state index in [2.05, 4.69) is 15.9 Å². The molecule has 0 bridgehead atoms. The number of hydrogen-bond acceptors (Lipinski definition) is 4. The molecule has 0 saturated heterocycles. The van der Waals surface area contributed by atoms with Crippen LogP contribution >= 0.6 is 15.9 Å². The lowest BCUT2D eigenvalue weighted by Gasteiger charge is -2.15. The van der Waals surface area contributed by atoms with Crippen molar-refractivity contribution in [2.24, 2.45) is 0 Å². The summed E-state index contributed by atoms with van der Waals surface area (Å²) in [6, 6.07) is 10.6. The lowest BCUT2D eigenvalue weighted by atomic mass is 10.1. The first kappa shape index (κ1) is 15.4. The van der Waals surface area contributed by atoms with Crippen LogP contribution in [0.25, 0.3) is 0 Å². The van der Waals surface area contributed by atoms with Gasteiger partial charge in [-0.25, -0.2) is 4.79 Å². The van der Waals surface area contributed by atoms with Gasteiger partial charge in [-0.3, -0.25) is 0 Å². The van der Waals surface area contributed by atoms with Gasteiger partial charge in [-0.1, -0.05) is 18.2 Å². The first-order valence-electron chi connectivity index (χ1n) is 6.26. The van der Waals surface area contributed by atoms with Crippen LogP contribution in [-0.2, 0) is 0 Å². The van der Waals surface area contributed by atoms with E-state index in [1.807, 2.05) is 6.07 Å². The molecule has 4 nitrogen and oxygen atoms in total. The van der Waals surface area contributed by atoms with Crippen molar-refractivity contribution in [3.8, 4) is 17.2 Å². The minimum absolute atomic E-state index is 0.369. The number of carbonyl (C=O) groups is 1. The lowest BCUT2D eigenvalue weighted by Crippen LogP contribution is -2.12. The highest BCUT2D eigenvalue weighted by Crippen LogP contribution is 2.37. The number of ether oxygens (including phenoxy) is 3. The molecule has 0 fully saturated rings. The molecule has 110 valence electrons. The summed E-state index contributed by atoms with van der Waals surface area (Å²) in [6.45, 7) is 1.80. The van der Waals surface area contributed by atoms with E-state index in [0.717, 1.165) is 0 Å². The highest BCUT2D eigenvalue weighted by molar-refractivity contribution is 9.10. The lowest BCUT2D eigenvalue weighted by molar-refractivity contribution is 0.0730. The summed E-state index contributed by atoms with van der Waals surface area (Å²) in [6.07, 6.45) is 0. The predicted octanol–water partition coefficient (Wildman–Crippen LogP) is 3.99. The van der Waals surface area contributed by atoms with Crippen molar-refractivity contribution in [3.63, 3.8) is 0 Å². The molecule has 2 aromatic carbocycles. The van der Waals surface area contributed by atoms with Crippen LogP contribution in [0.4, 0.5) is 0 Å². The van der Waals surface area contributed by atoms with Crippen LogP contribution in [0.2, 0.25) is 0 Å². The minimum atomic E-state index is -0.473. The van der Waals surface area contributed by atoms with Gasteiger partial charge in [0.15, 0.2) is 0 Å². The summed E-state index contributed by atoms with van der Waals surface area (Å²) in [4.78, 5) is 12.4. The number of para-hydroxylation sites is 1. The van der Waals surface area contributed by atoms with Crippen LogP contribution in [0.5, 0.6) is 17.2 Å². The quantitative estimate of drug-likeness (QED) is 0.617. The van der Waals surface area contributed by atoms with E-state index in [-0.39, 0.29) is 0 Å². The molecular weight excluding hydrogens is 336 g/mol. The molecule has 0 aliphatic rings. The fraction of sp³-hybridized carbons (Fsp3) is 0.188. The molecule has 0 heterocycles. The van der Waals surface area contributed by atoms with E-state index < -0.39 is 5.97 Å². The zero-order valence-corrected chi connectivity index (χ0v) is 13.6. The Morgan fingerprint density at radius 3 is 2.24 bits per heavy atom. The van der Waals surface area contributed by atoms with Gasteiger partial charge in [0.1, 0.15) is 22.8 Å². The molecule has 0 spiro atoms. The average molecular weight is 351 g/mol. The van der Waals surface area contributed by atoms with E-state index >= 15 is 0 Å². The van der Waals surface area contributed by atoms with Crippen LogP contribution in [0, 0.1) is 6.92 Å². The Morgan fingerprint density at radius 2 is 1.67 bits per heavy atom. The molecule has 5 heteroatoms. The third-order valence-corrected chi connectivity index (χ3v) is 4.01. The topological polar surface area (TPSA) is 44.8 Å². The fourth-order valence-corrected chi connectivity index (χ4v) is 2.42. The van der Waals surface area contributed by atoms with Crippen LogP contribution in [0.1, 0.15) is 15.9 Å². The van der Waals surface area contributed by atoms with E-state index in [1.165, 1.54) is 7.11 Å². The van der Waals surface area contributed by atoms with Crippen molar-refractivity contribution in [1.82, 2.24) is 0 Å². The number of carbonyl (C=O) groups excluding carboxylic acids is 1. The molecule has 0 aromatic heterocycles. The number of halogens is 1. The number of rotatable bonds is 4. The zero-order chi connectivity index (χ0) is 15.4. The Hall–Kier alpha value is -2.01. The molecule has 2 rings (SSSR count). The summed E-state index contributed by atoms with van der Waals surface area (Å²) in [5.41, 5.74) is 1.07. The smallest absolute Gasteiger partial charge is 0.347 e. The first-order chi connectivity index (χ1) is 10.1. The average Bonchev–Trinajstić information content (AvgIpc) is 2.50. The summed E-state index contributed by atoms with van der Waals surface area (Å²) in [5, 5.41) is 0. The van der Waals surface area contributed by atoms with Gasteiger partial charge >= 0.3 is 5.97 Å². The Balaban J connectivity index is 2.43. The van der Waals surface area contributed by atoms with Gasteiger partial charge in [0, 0.05) is 6.07 Å². The van der Waals surface area contributed by atoms with Gasteiger partial charge in [0.2, 0.25) is 0 Å². The highest BCUT2D eigenvalue weighted by atomic mass is 79.9. The van der Waals surface area contributed by atoms with Crippen LogP contribution < -0.4 is 14.2 Å². The molecule has 21 heavy (non-hydrogen) atoms. The third-order valence-electron chi connectivity index (χ3n) is 3.03. The Morgan fingerprint density at radius 1 is 1.05 bits per heavy atom. The molecule has 0 unspecified atom stereocenters. The van der Waals surface area contributed by atoms with Gasteiger partial charge in [-0.05, 0) is 40.5 Å². The molecule has 0 aliphatic heterocycles. The van der Waals surface area contributed by atoms with Gasteiger partial charge in [-0.2, -0.15) is 0 Å². The molecule has 0 radical (unpaired) electrons. The van der Waals surface area contributed by atoms with E-state index in [4.69, 9.17) is 14.2 Å². The maximum absolute atomic E-state index is 12.4. The van der Waals surface area contributed by atoms with E-state index in [0.29, 0.717) is 32.8 Å². The van der Waals surface area contributed by atoms with Gasteiger partial charge < -0.3 is 14.2 Å². The SMILES string of the molecule is COc1cc(OC)c(C(=O)Oc2ccccc2)c(C)c1Br. The van der Waals surface area contributed by atoms with Gasteiger partial charge in [0.25, 0.3) is 0 Å². The maximum atomic E-state index is 12.4. The second-order valence-corrected chi connectivity index (χ2v) is 5.09. The fourth-order valence-electron chi connectivity index (χ4n) is 1.94. The maximum Gasteiger partial charge on any atom is 0.347 e. The van der Waals surface area contributed by atoms with Crippen molar-refractivity contribution in [2.75, 3.05) is 14.2 Å². The monoisotopic (exact) mass is 350 g/mol. The second kappa shape index (κ2) is 6.63. The Bertz CT molecular complexity index is 653. The summed E-state index contributed by atoms with van der Waals surface area (Å²) in [5.74, 6) is 1.02. The molecule has 0 aliphatic carbocycles. The number of esters is 1. The standard InChI is InChI=1S/C16H15BrO4/c1-10-14(12(19-2)9-13(20-3)15(10)17)16(18)21-11-7-5-4-6-8-11/h4-9H,1-3H3. The van der Waals surface area contributed by atoms with Gasteiger partial charge in [-0.15, -0.1) is 0 Å². The zero-order valence-electron chi connectivity index (χ0n) is 12.0. The van der Waals surface area contributed by atoms with Crippen LogP contribution in [0.15, 0.2) is 40.9 Å². The molecule has 0 N–H and O–H groups in total. The van der Waals surface area contributed by atoms with Gasteiger partial charge in [0.05, 0.1) is 18.7 Å². The second-order valence-electron chi connectivity index (χ2n) is 4.30. The third kappa shape index (κ3) is 3.19. The van der Waals surface area contributed by atoms with Crippen LogP contribution in [-0.4, -0.2) is 20.2 Å². The minimum Gasteiger partial charge on any atom is -0.496 e.